The van der Waals surface area contributed by atoms with Crippen LogP contribution < -0.4 is 21.9 Å². The third-order valence-corrected chi connectivity index (χ3v) is 2.15. The van der Waals surface area contributed by atoms with Gasteiger partial charge in [-0.3, -0.25) is 0 Å². The molecule has 0 fully saturated rings. The van der Waals surface area contributed by atoms with Crippen LogP contribution in [0.25, 0.3) is 5.69 Å². The molecule has 0 bridgehead atoms. The van der Waals surface area contributed by atoms with Crippen LogP contribution in [-0.2, 0) is 0 Å². The molecule has 0 unspecified atom stereocenters. The topological polar surface area (TPSA) is 122 Å². The summed E-state index contributed by atoms with van der Waals surface area (Å²) < 4.78 is 6.05. The molecular formula is C10H11N5O2. The van der Waals surface area contributed by atoms with Gasteiger partial charge >= 0.3 is 6.09 Å². The van der Waals surface area contributed by atoms with Crippen molar-refractivity contribution >= 4 is 17.6 Å². The highest BCUT2D eigenvalue weighted by molar-refractivity contribution is 5.71. The molecule has 0 aliphatic heterocycles. The molecule has 7 nitrogen and oxygen atoms in total. The number of amides is 1. The van der Waals surface area contributed by atoms with Gasteiger partial charge < -0.3 is 21.9 Å². The van der Waals surface area contributed by atoms with E-state index in [0.29, 0.717) is 11.4 Å². The summed E-state index contributed by atoms with van der Waals surface area (Å²) in [5.41, 5.74) is 17.5. The number of para-hydroxylation sites is 2. The van der Waals surface area contributed by atoms with E-state index in [1.807, 2.05) is 0 Å². The van der Waals surface area contributed by atoms with Gasteiger partial charge in [0.1, 0.15) is 0 Å². The summed E-state index contributed by atoms with van der Waals surface area (Å²) in [4.78, 5) is 10.6. The van der Waals surface area contributed by atoms with Crippen molar-refractivity contribution in [1.29, 1.82) is 0 Å². The minimum atomic E-state index is -0.947. The molecule has 0 atom stereocenters. The second-order valence-electron chi connectivity index (χ2n) is 3.29. The molecule has 88 valence electrons. The standard InChI is InChI=1S/C10H11N5O2/c11-6-3-1-2-4-7(6)15-9(12)8(5-14-15)17-10(13)16/h1-5H,11-12H2,(H2,13,16). The Morgan fingerprint density at radius 1 is 1.29 bits per heavy atom. The Morgan fingerprint density at radius 3 is 2.65 bits per heavy atom. The number of nitrogens with two attached hydrogens (primary N) is 3. The van der Waals surface area contributed by atoms with E-state index in [0.717, 1.165) is 0 Å². The van der Waals surface area contributed by atoms with Gasteiger partial charge in [0.15, 0.2) is 11.6 Å². The fourth-order valence-corrected chi connectivity index (χ4v) is 1.40. The fraction of sp³-hybridized carbons (Fsp3) is 0. The van der Waals surface area contributed by atoms with Crippen molar-refractivity contribution in [2.75, 3.05) is 11.5 Å². The van der Waals surface area contributed by atoms with Crippen molar-refractivity contribution in [2.24, 2.45) is 5.73 Å². The maximum Gasteiger partial charge on any atom is 0.410 e. The summed E-state index contributed by atoms with van der Waals surface area (Å²) in [6.07, 6.45) is 0.351. The molecule has 1 aromatic carbocycles. The quantitative estimate of drug-likeness (QED) is 0.651. The van der Waals surface area contributed by atoms with Crippen LogP contribution in [0.1, 0.15) is 0 Å². The first kappa shape index (κ1) is 10.8. The van der Waals surface area contributed by atoms with Crippen LogP contribution in [0.3, 0.4) is 0 Å². The number of benzene rings is 1. The lowest BCUT2D eigenvalue weighted by Crippen LogP contribution is -2.17. The zero-order valence-electron chi connectivity index (χ0n) is 8.83. The third kappa shape index (κ3) is 1.98. The number of hydrogen-bond donors (Lipinski definition) is 3. The number of hydrogen-bond acceptors (Lipinski definition) is 5. The van der Waals surface area contributed by atoms with E-state index >= 15 is 0 Å². The number of rotatable bonds is 2. The van der Waals surface area contributed by atoms with Gasteiger partial charge in [0, 0.05) is 0 Å². The summed E-state index contributed by atoms with van der Waals surface area (Å²) >= 11 is 0. The van der Waals surface area contributed by atoms with E-state index < -0.39 is 6.09 Å². The monoisotopic (exact) mass is 233 g/mol. The number of nitrogens with zero attached hydrogens (tertiary/aromatic N) is 2. The van der Waals surface area contributed by atoms with Crippen LogP contribution in [0.15, 0.2) is 30.5 Å². The Hall–Kier alpha value is -2.70. The van der Waals surface area contributed by atoms with Gasteiger partial charge in [0.25, 0.3) is 0 Å². The molecule has 0 aliphatic rings. The molecule has 0 spiro atoms. The lowest BCUT2D eigenvalue weighted by atomic mass is 10.3. The van der Waals surface area contributed by atoms with Crippen LogP contribution >= 0.6 is 0 Å². The molecule has 0 aliphatic carbocycles. The first-order chi connectivity index (χ1) is 8.09. The van der Waals surface area contributed by atoms with Crippen LogP contribution in [-0.4, -0.2) is 15.9 Å². The van der Waals surface area contributed by atoms with E-state index in [-0.39, 0.29) is 11.6 Å². The highest BCUT2D eigenvalue weighted by atomic mass is 16.5. The second kappa shape index (κ2) is 4.05. The van der Waals surface area contributed by atoms with Crippen molar-refractivity contribution in [3.63, 3.8) is 0 Å². The Morgan fingerprint density at radius 2 is 2.00 bits per heavy atom. The molecule has 1 amide bonds. The lowest BCUT2D eigenvalue weighted by Gasteiger charge is -2.07. The Balaban J connectivity index is 2.44. The van der Waals surface area contributed by atoms with E-state index in [9.17, 15) is 4.79 Å². The van der Waals surface area contributed by atoms with E-state index in [1.54, 1.807) is 24.3 Å². The molecule has 2 aromatic rings. The van der Waals surface area contributed by atoms with Crippen LogP contribution in [0.5, 0.6) is 5.75 Å². The number of carbonyl (C=O) groups is 1. The summed E-state index contributed by atoms with van der Waals surface area (Å²) in [6.45, 7) is 0. The summed E-state index contributed by atoms with van der Waals surface area (Å²) in [6, 6.07) is 7.04. The minimum absolute atomic E-state index is 0.0979. The molecule has 0 saturated heterocycles. The number of nitrogen functional groups attached to an aromatic ring is 2. The fourth-order valence-electron chi connectivity index (χ4n) is 1.40. The normalized spacial score (nSPS) is 10.1. The van der Waals surface area contributed by atoms with Gasteiger partial charge in [0.05, 0.1) is 17.6 Å². The predicted molar refractivity (Wildman–Crippen MR) is 62.6 cm³/mol. The van der Waals surface area contributed by atoms with Crippen molar-refractivity contribution in [3.05, 3.63) is 30.5 Å². The predicted octanol–water partition coefficient (Wildman–Crippen LogP) is 0.494. The van der Waals surface area contributed by atoms with Gasteiger partial charge in [-0.25, -0.2) is 9.48 Å². The van der Waals surface area contributed by atoms with Crippen LogP contribution in [0.4, 0.5) is 16.3 Å². The van der Waals surface area contributed by atoms with Crippen LogP contribution in [0, 0.1) is 0 Å². The maximum absolute atomic E-state index is 10.6. The Labute approximate surface area is 96.8 Å². The molecule has 1 aromatic heterocycles. The van der Waals surface area contributed by atoms with Crippen molar-refractivity contribution < 1.29 is 9.53 Å². The molecule has 17 heavy (non-hydrogen) atoms. The van der Waals surface area contributed by atoms with Gasteiger partial charge in [-0.1, -0.05) is 12.1 Å². The number of carbonyl (C=O) groups excluding carboxylic acids is 1. The van der Waals surface area contributed by atoms with Crippen molar-refractivity contribution in [3.8, 4) is 11.4 Å². The highest BCUT2D eigenvalue weighted by Crippen LogP contribution is 2.26. The Bertz CT molecular complexity index is 564. The number of primary amides is 1. The average Bonchev–Trinajstić information content (AvgIpc) is 2.61. The minimum Gasteiger partial charge on any atom is -0.405 e. The number of ether oxygens (including phenoxy) is 1. The van der Waals surface area contributed by atoms with E-state index in [4.69, 9.17) is 17.2 Å². The first-order valence-corrected chi connectivity index (χ1v) is 4.75. The second-order valence-corrected chi connectivity index (χ2v) is 3.29. The highest BCUT2D eigenvalue weighted by Gasteiger charge is 2.13. The maximum atomic E-state index is 10.6. The van der Waals surface area contributed by atoms with Crippen molar-refractivity contribution in [1.82, 2.24) is 9.78 Å². The summed E-state index contributed by atoms with van der Waals surface area (Å²) in [5.74, 6) is 0.252. The van der Waals surface area contributed by atoms with Gasteiger partial charge in [-0.15, -0.1) is 0 Å². The molecule has 1 heterocycles. The summed E-state index contributed by atoms with van der Waals surface area (Å²) in [7, 11) is 0. The third-order valence-electron chi connectivity index (χ3n) is 2.15. The van der Waals surface area contributed by atoms with E-state index in [1.165, 1.54) is 10.9 Å². The van der Waals surface area contributed by atoms with E-state index in [2.05, 4.69) is 9.84 Å². The molecule has 0 saturated carbocycles. The van der Waals surface area contributed by atoms with Gasteiger partial charge in [-0.2, -0.15) is 5.10 Å². The van der Waals surface area contributed by atoms with Gasteiger partial charge in [-0.05, 0) is 12.1 Å². The molecule has 0 radical (unpaired) electrons. The molecule has 2 rings (SSSR count). The van der Waals surface area contributed by atoms with Gasteiger partial charge in [0.2, 0.25) is 0 Å². The summed E-state index contributed by atoms with van der Waals surface area (Å²) in [5, 5.41) is 3.98. The zero-order chi connectivity index (χ0) is 12.4. The molecule has 7 heteroatoms. The lowest BCUT2D eigenvalue weighted by molar-refractivity contribution is 0.211. The zero-order valence-corrected chi connectivity index (χ0v) is 8.83. The van der Waals surface area contributed by atoms with Crippen LogP contribution in [0.2, 0.25) is 0 Å². The smallest absolute Gasteiger partial charge is 0.405 e. The average molecular weight is 233 g/mol. The first-order valence-electron chi connectivity index (χ1n) is 4.75. The molecule has 6 N–H and O–H groups in total. The SMILES string of the molecule is NC(=O)Oc1cnn(-c2ccccc2N)c1N. The largest absolute Gasteiger partial charge is 0.410 e. The number of aromatic nitrogens is 2. The molecular weight excluding hydrogens is 222 g/mol. The number of anilines is 2. The Kier molecular flexibility index (Phi) is 2.57. The van der Waals surface area contributed by atoms with Crippen molar-refractivity contribution in [2.45, 2.75) is 0 Å².